The van der Waals surface area contributed by atoms with Gasteiger partial charge in [-0.25, -0.2) is 0 Å². The number of hydrogen-bond donors (Lipinski definition) is 1. The Morgan fingerprint density at radius 1 is 1.20 bits per heavy atom. The van der Waals surface area contributed by atoms with Crippen LogP contribution >= 0.6 is 0 Å². The second-order valence-electron chi connectivity index (χ2n) is 5.07. The van der Waals surface area contributed by atoms with Gasteiger partial charge in [-0.3, -0.25) is 4.21 Å². The Labute approximate surface area is 119 Å². The lowest BCUT2D eigenvalue weighted by Crippen LogP contribution is -2.39. The summed E-state index contributed by atoms with van der Waals surface area (Å²) in [5.41, 5.74) is 0.650. The molecule has 1 atom stereocenters. The molecule has 1 aromatic carbocycles. The summed E-state index contributed by atoms with van der Waals surface area (Å²) in [5, 5.41) is 3.09. The van der Waals surface area contributed by atoms with Crippen LogP contribution in [0.1, 0.15) is 30.9 Å². The minimum absolute atomic E-state index is 0.0141. The maximum absolute atomic E-state index is 12.7. The summed E-state index contributed by atoms with van der Waals surface area (Å²) >= 11 is 0. The first kappa shape index (κ1) is 15.5. The SMILES string of the molecule is O=S1CCC(NC(CC(F)(F)F)c2ccccc2)CC1. The first-order valence-electron chi connectivity index (χ1n) is 6.67. The highest BCUT2D eigenvalue weighted by Gasteiger charge is 2.34. The van der Waals surface area contributed by atoms with Gasteiger partial charge in [-0.2, -0.15) is 13.2 Å². The van der Waals surface area contributed by atoms with Crippen LogP contribution in [0.3, 0.4) is 0 Å². The molecule has 0 bridgehead atoms. The topological polar surface area (TPSA) is 29.1 Å². The Morgan fingerprint density at radius 2 is 1.80 bits per heavy atom. The van der Waals surface area contributed by atoms with Crippen molar-refractivity contribution < 1.29 is 17.4 Å². The van der Waals surface area contributed by atoms with Crippen LogP contribution in [0.2, 0.25) is 0 Å². The van der Waals surface area contributed by atoms with Gasteiger partial charge in [0.25, 0.3) is 0 Å². The average Bonchev–Trinajstić information content (AvgIpc) is 2.40. The van der Waals surface area contributed by atoms with Crippen molar-refractivity contribution in [2.75, 3.05) is 11.5 Å². The van der Waals surface area contributed by atoms with Crippen LogP contribution in [-0.2, 0) is 10.8 Å². The summed E-state index contributed by atoms with van der Waals surface area (Å²) in [6.45, 7) is 0. The first-order valence-corrected chi connectivity index (χ1v) is 8.15. The predicted octanol–water partition coefficient (Wildman–Crippen LogP) is 3.18. The van der Waals surface area contributed by atoms with Crippen molar-refractivity contribution in [2.24, 2.45) is 0 Å². The normalized spacial score (nSPS) is 25.4. The van der Waals surface area contributed by atoms with Crippen LogP contribution in [0.15, 0.2) is 30.3 Å². The maximum Gasteiger partial charge on any atom is 0.390 e. The van der Waals surface area contributed by atoms with Crippen LogP contribution in [0.4, 0.5) is 13.2 Å². The molecule has 1 heterocycles. The smallest absolute Gasteiger partial charge is 0.307 e. The van der Waals surface area contributed by atoms with E-state index in [9.17, 15) is 17.4 Å². The van der Waals surface area contributed by atoms with Crippen LogP contribution in [-0.4, -0.2) is 27.9 Å². The molecule has 1 aliphatic rings. The minimum atomic E-state index is -4.20. The Balaban J connectivity index is 2.05. The van der Waals surface area contributed by atoms with Gasteiger partial charge in [-0.05, 0) is 18.4 Å². The zero-order chi connectivity index (χ0) is 14.6. The molecular formula is C14H18F3NOS. The van der Waals surface area contributed by atoms with Gasteiger partial charge < -0.3 is 5.32 Å². The van der Waals surface area contributed by atoms with E-state index in [2.05, 4.69) is 5.32 Å². The molecule has 1 N–H and O–H groups in total. The van der Waals surface area contributed by atoms with Gasteiger partial charge in [0.05, 0.1) is 6.42 Å². The molecule has 112 valence electrons. The van der Waals surface area contributed by atoms with Crippen molar-refractivity contribution >= 4 is 10.8 Å². The number of halogens is 3. The monoisotopic (exact) mass is 305 g/mol. The van der Waals surface area contributed by atoms with Crippen LogP contribution in [0.5, 0.6) is 0 Å². The number of nitrogens with one attached hydrogen (secondary N) is 1. The summed E-state index contributed by atoms with van der Waals surface area (Å²) in [7, 11) is -0.801. The van der Waals surface area contributed by atoms with E-state index in [0.717, 1.165) is 0 Å². The number of rotatable bonds is 4. The number of hydrogen-bond acceptors (Lipinski definition) is 2. The van der Waals surface area contributed by atoms with Crippen LogP contribution < -0.4 is 5.32 Å². The molecule has 1 fully saturated rings. The van der Waals surface area contributed by atoms with Gasteiger partial charge in [-0.15, -0.1) is 0 Å². The number of benzene rings is 1. The van der Waals surface area contributed by atoms with Crippen LogP contribution in [0, 0.1) is 0 Å². The van der Waals surface area contributed by atoms with Crippen molar-refractivity contribution in [3.63, 3.8) is 0 Å². The minimum Gasteiger partial charge on any atom is -0.307 e. The Morgan fingerprint density at radius 3 is 2.35 bits per heavy atom. The van der Waals surface area contributed by atoms with Gasteiger partial charge in [0.2, 0.25) is 0 Å². The molecule has 20 heavy (non-hydrogen) atoms. The summed E-state index contributed by atoms with van der Waals surface area (Å²) < 4.78 is 49.5. The molecular weight excluding hydrogens is 287 g/mol. The van der Waals surface area contributed by atoms with Crippen molar-refractivity contribution in [1.29, 1.82) is 0 Å². The molecule has 2 nitrogen and oxygen atoms in total. The molecule has 1 aromatic rings. The van der Waals surface area contributed by atoms with Crippen molar-refractivity contribution in [1.82, 2.24) is 5.32 Å². The molecule has 1 saturated heterocycles. The van der Waals surface area contributed by atoms with E-state index >= 15 is 0 Å². The van der Waals surface area contributed by atoms with Gasteiger partial charge in [0.1, 0.15) is 0 Å². The summed E-state index contributed by atoms with van der Waals surface area (Å²) in [4.78, 5) is 0. The van der Waals surface area contributed by atoms with Gasteiger partial charge in [0.15, 0.2) is 0 Å². The third-order valence-corrected chi connectivity index (χ3v) is 4.84. The number of alkyl halides is 3. The first-order chi connectivity index (χ1) is 9.44. The van der Waals surface area contributed by atoms with Gasteiger partial charge in [-0.1, -0.05) is 30.3 Å². The molecule has 0 aromatic heterocycles. The molecule has 6 heteroatoms. The fourth-order valence-corrected chi connectivity index (χ4v) is 3.73. The van der Waals surface area contributed by atoms with E-state index in [1.54, 1.807) is 30.3 Å². The highest BCUT2D eigenvalue weighted by molar-refractivity contribution is 7.85. The van der Waals surface area contributed by atoms with Crippen molar-refractivity contribution in [2.45, 2.75) is 37.5 Å². The quantitative estimate of drug-likeness (QED) is 0.925. The molecule has 0 radical (unpaired) electrons. The highest BCUT2D eigenvalue weighted by atomic mass is 32.2. The molecule has 0 saturated carbocycles. The zero-order valence-corrected chi connectivity index (χ0v) is 11.8. The second-order valence-corrected chi connectivity index (χ2v) is 6.77. The molecule has 0 aliphatic carbocycles. The molecule has 1 unspecified atom stereocenters. The predicted molar refractivity (Wildman–Crippen MR) is 73.9 cm³/mol. The van der Waals surface area contributed by atoms with E-state index in [4.69, 9.17) is 0 Å². The Bertz CT molecular complexity index is 439. The summed E-state index contributed by atoms with van der Waals surface area (Å²) in [6, 6.07) is 7.99. The van der Waals surface area contributed by atoms with Gasteiger partial charge in [0, 0.05) is 34.4 Å². The third kappa shape index (κ3) is 4.90. The lowest BCUT2D eigenvalue weighted by molar-refractivity contribution is -0.141. The molecule has 0 spiro atoms. The fraction of sp³-hybridized carbons (Fsp3) is 0.571. The fourth-order valence-electron chi connectivity index (χ4n) is 2.43. The van der Waals surface area contributed by atoms with Crippen molar-refractivity contribution in [3.05, 3.63) is 35.9 Å². The molecule has 2 rings (SSSR count). The summed E-state index contributed by atoms with van der Waals surface area (Å²) in [6.07, 6.45) is -3.73. The van der Waals surface area contributed by atoms with Gasteiger partial charge >= 0.3 is 6.18 Å². The second kappa shape index (κ2) is 6.72. The summed E-state index contributed by atoms with van der Waals surface area (Å²) in [5.74, 6) is 1.15. The van der Waals surface area contributed by atoms with E-state index < -0.39 is 29.4 Å². The lowest BCUT2D eigenvalue weighted by Gasteiger charge is -2.29. The van der Waals surface area contributed by atoms with E-state index in [-0.39, 0.29) is 6.04 Å². The highest BCUT2D eigenvalue weighted by Crippen LogP contribution is 2.30. The molecule has 0 amide bonds. The van der Waals surface area contributed by atoms with Crippen LogP contribution in [0.25, 0.3) is 0 Å². The Kier molecular flexibility index (Phi) is 5.21. The third-order valence-electron chi connectivity index (χ3n) is 3.46. The molecule has 1 aliphatic heterocycles. The zero-order valence-electron chi connectivity index (χ0n) is 11.0. The van der Waals surface area contributed by atoms with E-state index in [0.29, 0.717) is 29.9 Å². The standard InChI is InChI=1S/C14H18F3NOS/c15-14(16,17)10-13(11-4-2-1-3-5-11)18-12-6-8-20(19)9-7-12/h1-5,12-13,18H,6-10H2. The maximum atomic E-state index is 12.7. The average molecular weight is 305 g/mol. The lowest BCUT2D eigenvalue weighted by atomic mass is 10.0. The van der Waals surface area contributed by atoms with Crippen molar-refractivity contribution in [3.8, 4) is 0 Å². The van der Waals surface area contributed by atoms with E-state index in [1.165, 1.54) is 0 Å². The van der Waals surface area contributed by atoms with E-state index in [1.807, 2.05) is 0 Å². The Hall–Kier alpha value is -0.880. The largest absolute Gasteiger partial charge is 0.390 e.